The zero-order valence-corrected chi connectivity index (χ0v) is 10.8. The predicted octanol–water partition coefficient (Wildman–Crippen LogP) is 3.23. The quantitative estimate of drug-likeness (QED) is 0.651. The van der Waals surface area contributed by atoms with Crippen molar-refractivity contribution < 1.29 is 4.79 Å². The number of nitrogens with one attached hydrogen (secondary N) is 1. The van der Waals surface area contributed by atoms with Crippen molar-refractivity contribution in [3.05, 3.63) is 65.7 Å². The minimum Gasteiger partial charge on any atom is -0.397 e. The molecule has 0 aliphatic rings. The molecule has 0 unspecified atom stereocenters. The lowest BCUT2D eigenvalue weighted by Crippen LogP contribution is -2.09. The summed E-state index contributed by atoms with van der Waals surface area (Å²) >= 11 is 0. The number of hydrogen-bond acceptors (Lipinski definition) is 2. The van der Waals surface area contributed by atoms with Gasteiger partial charge in [0.2, 0.25) is 5.91 Å². The number of amides is 1. The van der Waals surface area contributed by atoms with Crippen molar-refractivity contribution >= 4 is 23.4 Å². The molecule has 1 amide bonds. The lowest BCUT2D eigenvalue weighted by atomic mass is 10.1. The third kappa shape index (κ3) is 3.45. The molecule has 0 aromatic heterocycles. The van der Waals surface area contributed by atoms with Crippen molar-refractivity contribution in [2.75, 3.05) is 11.1 Å². The average Bonchev–Trinajstić information content (AvgIpc) is 2.40. The maximum absolute atomic E-state index is 11.8. The molecule has 0 saturated heterocycles. The van der Waals surface area contributed by atoms with Gasteiger partial charge in [-0.05, 0) is 36.3 Å². The fourth-order valence-corrected chi connectivity index (χ4v) is 1.72. The molecular formula is C16H16N2O. The second-order valence-electron chi connectivity index (χ2n) is 4.27. The van der Waals surface area contributed by atoms with Crippen molar-refractivity contribution in [3.8, 4) is 0 Å². The number of rotatable bonds is 3. The van der Waals surface area contributed by atoms with Gasteiger partial charge in [0.05, 0.1) is 11.4 Å². The van der Waals surface area contributed by atoms with Crippen LogP contribution >= 0.6 is 0 Å². The first-order chi connectivity index (χ1) is 9.16. The summed E-state index contributed by atoms with van der Waals surface area (Å²) < 4.78 is 0. The largest absolute Gasteiger partial charge is 0.397 e. The van der Waals surface area contributed by atoms with Crippen LogP contribution in [0.2, 0.25) is 0 Å². The summed E-state index contributed by atoms with van der Waals surface area (Å²) in [5, 5.41) is 2.75. The van der Waals surface area contributed by atoms with Crippen molar-refractivity contribution in [2.45, 2.75) is 6.92 Å². The van der Waals surface area contributed by atoms with Gasteiger partial charge in [-0.15, -0.1) is 0 Å². The second kappa shape index (κ2) is 5.87. The molecule has 0 aliphatic heterocycles. The van der Waals surface area contributed by atoms with E-state index in [1.807, 2.05) is 43.3 Å². The van der Waals surface area contributed by atoms with Crippen LogP contribution in [-0.4, -0.2) is 5.91 Å². The maximum atomic E-state index is 11.8. The number of nitrogen functional groups attached to an aromatic ring is 1. The van der Waals surface area contributed by atoms with Gasteiger partial charge in [0.15, 0.2) is 0 Å². The number of benzene rings is 2. The Morgan fingerprint density at radius 3 is 2.53 bits per heavy atom. The van der Waals surface area contributed by atoms with E-state index in [0.29, 0.717) is 11.4 Å². The molecule has 3 nitrogen and oxygen atoms in total. The van der Waals surface area contributed by atoms with Crippen molar-refractivity contribution in [1.29, 1.82) is 0 Å². The van der Waals surface area contributed by atoms with Crippen molar-refractivity contribution in [2.24, 2.45) is 0 Å². The van der Waals surface area contributed by atoms with E-state index in [0.717, 1.165) is 11.1 Å². The molecule has 0 saturated carbocycles. The molecule has 96 valence electrons. The van der Waals surface area contributed by atoms with Gasteiger partial charge in [0.25, 0.3) is 0 Å². The molecule has 0 radical (unpaired) electrons. The summed E-state index contributed by atoms with van der Waals surface area (Å²) in [6.45, 7) is 2.01. The van der Waals surface area contributed by atoms with E-state index in [-0.39, 0.29) is 5.91 Å². The molecular weight excluding hydrogens is 236 g/mol. The Hall–Kier alpha value is -2.55. The van der Waals surface area contributed by atoms with E-state index < -0.39 is 0 Å². The smallest absolute Gasteiger partial charge is 0.248 e. The topological polar surface area (TPSA) is 55.1 Å². The summed E-state index contributed by atoms with van der Waals surface area (Å²) in [6, 6.07) is 15.1. The molecule has 3 heteroatoms. The van der Waals surface area contributed by atoms with E-state index in [1.54, 1.807) is 18.2 Å². The second-order valence-corrected chi connectivity index (χ2v) is 4.27. The molecule has 19 heavy (non-hydrogen) atoms. The highest BCUT2D eigenvalue weighted by molar-refractivity contribution is 6.03. The first-order valence-electron chi connectivity index (χ1n) is 6.06. The molecule has 0 atom stereocenters. The lowest BCUT2D eigenvalue weighted by molar-refractivity contribution is -0.111. The van der Waals surface area contributed by atoms with Gasteiger partial charge in [-0.1, -0.05) is 36.4 Å². The van der Waals surface area contributed by atoms with E-state index in [1.165, 1.54) is 6.08 Å². The van der Waals surface area contributed by atoms with Crippen LogP contribution < -0.4 is 11.1 Å². The number of carbonyl (C=O) groups excluding carboxylic acids is 1. The minimum atomic E-state index is -0.193. The number of carbonyl (C=O) groups is 1. The normalized spacial score (nSPS) is 10.6. The molecule has 0 fully saturated rings. The molecule has 0 heterocycles. The Balaban J connectivity index is 2.06. The van der Waals surface area contributed by atoms with Crippen LogP contribution in [0.3, 0.4) is 0 Å². The third-order valence-corrected chi connectivity index (χ3v) is 2.82. The minimum absolute atomic E-state index is 0.193. The Labute approximate surface area is 112 Å². The molecule has 2 aromatic carbocycles. The first-order valence-corrected chi connectivity index (χ1v) is 6.06. The van der Waals surface area contributed by atoms with Crippen LogP contribution in [0.15, 0.2) is 54.6 Å². The van der Waals surface area contributed by atoms with Gasteiger partial charge in [0.1, 0.15) is 0 Å². The van der Waals surface area contributed by atoms with Gasteiger partial charge in [0, 0.05) is 6.08 Å². The first kappa shape index (κ1) is 12.9. The van der Waals surface area contributed by atoms with Crippen LogP contribution in [0, 0.1) is 6.92 Å². The predicted molar refractivity (Wildman–Crippen MR) is 79.7 cm³/mol. The number of para-hydroxylation sites is 2. The highest BCUT2D eigenvalue weighted by Crippen LogP contribution is 2.16. The van der Waals surface area contributed by atoms with Crippen LogP contribution in [0.1, 0.15) is 11.1 Å². The Bertz CT molecular complexity index is 618. The summed E-state index contributed by atoms with van der Waals surface area (Å²) in [7, 11) is 0. The molecule has 2 aromatic rings. The van der Waals surface area contributed by atoms with Crippen LogP contribution in [-0.2, 0) is 4.79 Å². The monoisotopic (exact) mass is 252 g/mol. The van der Waals surface area contributed by atoms with E-state index in [9.17, 15) is 4.79 Å². The number of hydrogen-bond donors (Lipinski definition) is 2. The number of nitrogens with two attached hydrogens (primary N) is 1. The van der Waals surface area contributed by atoms with Crippen LogP contribution in [0.4, 0.5) is 11.4 Å². The van der Waals surface area contributed by atoms with Gasteiger partial charge in [-0.25, -0.2) is 0 Å². The Kier molecular flexibility index (Phi) is 3.98. The molecule has 0 aliphatic carbocycles. The van der Waals surface area contributed by atoms with Crippen LogP contribution in [0.25, 0.3) is 6.08 Å². The van der Waals surface area contributed by atoms with Gasteiger partial charge in [-0.3, -0.25) is 4.79 Å². The standard InChI is InChI=1S/C16H16N2O/c1-12-6-2-3-7-13(12)10-11-16(19)18-15-9-5-4-8-14(15)17/h2-11H,17H2,1H3,(H,18,19). The molecule has 3 N–H and O–H groups in total. The van der Waals surface area contributed by atoms with Crippen molar-refractivity contribution in [1.82, 2.24) is 0 Å². The Morgan fingerprint density at radius 2 is 1.79 bits per heavy atom. The van der Waals surface area contributed by atoms with Gasteiger partial charge in [-0.2, -0.15) is 0 Å². The highest BCUT2D eigenvalue weighted by atomic mass is 16.1. The molecule has 0 bridgehead atoms. The number of aryl methyl sites for hydroxylation is 1. The van der Waals surface area contributed by atoms with E-state index in [4.69, 9.17) is 5.73 Å². The van der Waals surface area contributed by atoms with Gasteiger partial charge < -0.3 is 11.1 Å². The van der Waals surface area contributed by atoms with Crippen LogP contribution in [0.5, 0.6) is 0 Å². The SMILES string of the molecule is Cc1ccccc1C=CC(=O)Nc1ccccc1N. The third-order valence-electron chi connectivity index (χ3n) is 2.82. The lowest BCUT2D eigenvalue weighted by Gasteiger charge is -2.05. The summed E-state index contributed by atoms with van der Waals surface area (Å²) in [4.78, 5) is 11.8. The fourth-order valence-electron chi connectivity index (χ4n) is 1.72. The number of anilines is 2. The maximum Gasteiger partial charge on any atom is 0.248 e. The molecule has 2 rings (SSSR count). The molecule has 0 spiro atoms. The summed E-state index contributed by atoms with van der Waals surface area (Å²) in [6.07, 6.45) is 3.30. The van der Waals surface area contributed by atoms with E-state index in [2.05, 4.69) is 5.32 Å². The fraction of sp³-hybridized carbons (Fsp3) is 0.0625. The Morgan fingerprint density at radius 1 is 1.11 bits per heavy atom. The zero-order valence-electron chi connectivity index (χ0n) is 10.8. The zero-order chi connectivity index (χ0) is 13.7. The summed E-state index contributed by atoms with van der Waals surface area (Å²) in [5.74, 6) is -0.193. The highest BCUT2D eigenvalue weighted by Gasteiger charge is 2.01. The van der Waals surface area contributed by atoms with Gasteiger partial charge >= 0.3 is 0 Å². The van der Waals surface area contributed by atoms with E-state index >= 15 is 0 Å². The van der Waals surface area contributed by atoms with Crippen molar-refractivity contribution in [3.63, 3.8) is 0 Å². The average molecular weight is 252 g/mol. The summed E-state index contributed by atoms with van der Waals surface area (Å²) in [5.41, 5.74) is 9.10.